The van der Waals surface area contributed by atoms with Crippen molar-refractivity contribution < 1.29 is 4.74 Å². The Balaban J connectivity index is 1.85. The Labute approximate surface area is 72.2 Å². The van der Waals surface area contributed by atoms with Gasteiger partial charge in [0.1, 0.15) is 0 Å². The molecule has 0 spiro atoms. The van der Waals surface area contributed by atoms with Crippen LogP contribution in [-0.2, 0) is 4.74 Å². The van der Waals surface area contributed by atoms with Crippen LogP contribution in [0.25, 0.3) is 0 Å². The summed E-state index contributed by atoms with van der Waals surface area (Å²) in [6.45, 7) is 2.63. The van der Waals surface area contributed by atoms with Crippen molar-refractivity contribution in [1.82, 2.24) is 5.32 Å². The number of guanidine groups is 1. The van der Waals surface area contributed by atoms with Crippen molar-refractivity contribution in [3.05, 3.63) is 0 Å². The molecule has 0 aromatic carbocycles. The maximum Gasteiger partial charge on any atom is 0.188 e. The van der Waals surface area contributed by atoms with Crippen LogP contribution in [0.2, 0.25) is 0 Å². The minimum absolute atomic E-state index is 0.467. The molecule has 2 heterocycles. The van der Waals surface area contributed by atoms with Crippen molar-refractivity contribution in [3.63, 3.8) is 0 Å². The maximum absolute atomic E-state index is 5.54. The molecule has 0 bridgehead atoms. The maximum atomic E-state index is 5.54. The molecule has 12 heavy (non-hydrogen) atoms. The third-order valence-corrected chi connectivity index (χ3v) is 2.63. The lowest BCUT2D eigenvalue weighted by molar-refractivity contribution is 0.0581. The second kappa shape index (κ2) is 3.31. The Morgan fingerprint density at radius 2 is 2.17 bits per heavy atom. The highest BCUT2D eigenvalue weighted by atomic mass is 16.5. The van der Waals surface area contributed by atoms with E-state index in [1.807, 2.05) is 0 Å². The van der Waals surface area contributed by atoms with Gasteiger partial charge in [0.25, 0.3) is 0 Å². The zero-order valence-corrected chi connectivity index (χ0v) is 7.12. The van der Waals surface area contributed by atoms with Crippen molar-refractivity contribution in [3.8, 4) is 0 Å². The molecule has 2 rings (SSSR count). The van der Waals surface area contributed by atoms with Crippen molar-refractivity contribution in [2.45, 2.75) is 18.9 Å². The quantitative estimate of drug-likeness (QED) is 0.566. The van der Waals surface area contributed by atoms with Gasteiger partial charge in [-0.2, -0.15) is 0 Å². The van der Waals surface area contributed by atoms with Crippen LogP contribution in [0.1, 0.15) is 12.8 Å². The lowest BCUT2D eigenvalue weighted by atomic mass is 9.92. The standard InChI is InChI=1S/C8H15N3O/c9-8-10-5-7(11-8)6-1-3-12-4-2-6/h6-7H,1-5H2,(H3,9,10,11). The molecule has 2 aliphatic heterocycles. The van der Waals surface area contributed by atoms with Crippen molar-refractivity contribution in [2.24, 2.45) is 16.6 Å². The number of aliphatic imine (C=N–C) groups is 1. The Morgan fingerprint density at radius 1 is 1.42 bits per heavy atom. The van der Waals surface area contributed by atoms with Gasteiger partial charge in [-0.1, -0.05) is 0 Å². The summed E-state index contributed by atoms with van der Waals surface area (Å²) in [4.78, 5) is 4.14. The van der Waals surface area contributed by atoms with Crippen LogP contribution in [-0.4, -0.2) is 31.8 Å². The summed E-state index contributed by atoms with van der Waals surface area (Å²) in [6.07, 6.45) is 2.28. The van der Waals surface area contributed by atoms with Crippen LogP contribution in [0.15, 0.2) is 4.99 Å². The summed E-state index contributed by atoms with van der Waals surface area (Å²) in [5, 5.41) is 3.20. The first kappa shape index (κ1) is 7.86. The monoisotopic (exact) mass is 169 g/mol. The number of nitrogens with two attached hydrogens (primary N) is 1. The number of rotatable bonds is 1. The summed E-state index contributed by atoms with van der Waals surface area (Å²) in [6, 6.07) is 0.467. The largest absolute Gasteiger partial charge is 0.381 e. The van der Waals surface area contributed by atoms with Crippen molar-refractivity contribution in [1.29, 1.82) is 0 Å². The van der Waals surface area contributed by atoms with E-state index < -0.39 is 0 Å². The molecule has 68 valence electrons. The summed E-state index contributed by atoms with van der Waals surface area (Å²) in [7, 11) is 0. The van der Waals surface area contributed by atoms with E-state index in [1.54, 1.807) is 0 Å². The third kappa shape index (κ3) is 1.53. The summed E-state index contributed by atoms with van der Waals surface area (Å²) in [5.41, 5.74) is 5.54. The van der Waals surface area contributed by atoms with Gasteiger partial charge in [0.2, 0.25) is 0 Å². The second-order valence-corrected chi connectivity index (χ2v) is 3.43. The van der Waals surface area contributed by atoms with Crippen LogP contribution in [0.5, 0.6) is 0 Å². The SMILES string of the molecule is NC1=NCC(C2CCOCC2)N1. The van der Waals surface area contributed by atoms with Crippen LogP contribution in [0.4, 0.5) is 0 Å². The van der Waals surface area contributed by atoms with Gasteiger partial charge in [-0.15, -0.1) is 0 Å². The lowest BCUT2D eigenvalue weighted by Crippen LogP contribution is -2.41. The first-order valence-electron chi connectivity index (χ1n) is 4.50. The molecule has 3 N–H and O–H groups in total. The molecule has 0 radical (unpaired) electrons. The zero-order chi connectivity index (χ0) is 8.39. The molecule has 4 heteroatoms. The minimum atomic E-state index is 0.467. The van der Waals surface area contributed by atoms with Gasteiger partial charge >= 0.3 is 0 Å². The fourth-order valence-corrected chi connectivity index (χ4v) is 1.86. The molecule has 1 saturated heterocycles. The minimum Gasteiger partial charge on any atom is -0.381 e. The van der Waals surface area contributed by atoms with E-state index in [1.165, 1.54) is 0 Å². The van der Waals surface area contributed by atoms with Crippen LogP contribution in [0.3, 0.4) is 0 Å². The number of hydrogen-bond acceptors (Lipinski definition) is 4. The molecular formula is C8H15N3O. The number of nitrogens with zero attached hydrogens (tertiary/aromatic N) is 1. The molecule has 2 aliphatic rings. The summed E-state index contributed by atoms with van der Waals surface area (Å²) in [5.74, 6) is 1.30. The molecular weight excluding hydrogens is 154 g/mol. The Morgan fingerprint density at radius 3 is 2.75 bits per heavy atom. The third-order valence-electron chi connectivity index (χ3n) is 2.63. The highest BCUT2D eigenvalue weighted by Crippen LogP contribution is 2.20. The van der Waals surface area contributed by atoms with Gasteiger partial charge < -0.3 is 15.8 Å². The number of nitrogens with one attached hydrogen (secondary N) is 1. The lowest BCUT2D eigenvalue weighted by Gasteiger charge is -2.27. The van der Waals surface area contributed by atoms with Gasteiger partial charge in [-0.3, -0.25) is 4.99 Å². The van der Waals surface area contributed by atoms with E-state index in [9.17, 15) is 0 Å². The average Bonchev–Trinajstić information content (AvgIpc) is 2.54. The average molecular weight is 169 g/mol. The fourth-order valence-electron chi connectivity index (χ4n) is 1.86. The van der Waals surface area contributed by atoms with E-state index in [-0.39, 0.29) is 0 Å². The molecule has 4 nitrogen and oxygen atoms in total. The van der Waals surface area contributed by atoms with Gasteiger partial charge in [-0.25, -0.2) is 0 Å². The van der Waals surface area contributed by atoms with E-state index in [0.29, 0.717) is 17.9 Å². The van der Waals surface area contributed by atoms with Gasteiger partial charge in [0.05, 0.1) is 12.6 Å². The Hall–Kier alpha value is -0.770. The van der Waals surface area contributed by atoms with Gasteiger partial charge in [0.15, 0.2) is 5.96 Å². The molecule has 0 aromatic rings. The van der Waals surface area contributed by atoms with Crippen molar-refractivity contribution >= 4 is 5.96 Å². The van der Waals surface area contributed by atoms with Gasteiger partial charge in [0, 0.05) is 13.2 Å². The van der Waals surface area contributed by atoms with E-state index in [0.717, 1.165) is 32.6 Å². The molecule has 1 unspecified atom stereocenters. The highest BCUT2D eigenvalue weighted by molar-refractivity contribution is 5.79. The fraction of sp³-hybridized carbons (Fsp3) is 0.875. The van der Waals surface area contributed by atoms with E-state index >= 15 is 0 Å². The predicted octanol–water partition coefficient (Wildman–Crippen LogP) is -0.301. The van der Waals surface area contributed by atoms with Crippen LogP contribution >= 0.6 is 0 Å². The molecule has 1 fully saturated rings. The topological polar surface area (TPSA) is 59.6 Å². The normalized spacial score (nSPS) is 31.3. The molecule has 0 saturated carbocycles. The predicted molar refractivity (Wildman–Crippen MR) is 47.0 cm³/mol. The Kier molecular flexibility index (Phi) is 2.17. The molecule has 0 amide bonds. The number of ether oxygens (including phenoxy) is 1. The van der Waals surface area contributed by atoms with Gasteiger partial charge in [-0.05, 0) is 18.8 Å². The van der Waals surface area contributed by atoms with Crippen LogP contribution in [0, 0.1) is 5.92 Å². The molecule has 0 aliphatic carbocycles. The molecule has 1 atom stereocenters. The second-order valence-electron chi connectivity index (χ2n) is 3.43. The molecule has 0 aromatic heterocycles. The zero-order valence-electron chi connectivity index (χ0n) is 7.12. The smallest absolute Gasteiger partial charge is 0.188 e. The highest BCUT2D eigenvalue weighted by Gasteiger charge is 2.26. The number of hydrogen-bond donors (Lipinski definition) is 2. The first-order chi connectivity index (χ1) is 5.86. The van der Waals surface area contributed by atoms with E-state index in [4.69, 9.17) is 10.5 Å². The van der Waals surface area contributed by atoms with E-state index in [2.05, 4.69) is 10.3 Å². The van der Waals surface area contributed by atoms with Crippen molar-refractivity contribution in [2.75, 3.05) is 19.8 Å². The van der Waals surface area contributed by atoms with Crippen LogP contribution < -0.4 is 11.1 Å². The summed E-state index contributed by atoms with van der Waals surface area (Å²) >= 11 is 0. The Bertz CT molecular complexity index is 187. The first-order valence-corrected chi connectivity index (χ1v) is 4.50. The summed E-state index contributed by atoms with van der Waals surface area (Å²) < 4.78 is 5.29.